The number of halogens is 3. The van der Waals surface area contributed by atoms with E-state index in [2.05, 4.69) is 5.43 Å². The van der Waals surface area contributed by atoms with Gasteiger partial charge in [-0.15, -0.1) is 0 Å². The zero-order valence-corrected chi connectivity index (χ0v) is 12.1. The Morgan fingerprint density at radius 2 is 1.71 bits per heavy atom. The van der Waals surface area contributed by atoms with Gasteiger partial charge in [-0.3, -0.25) is 11.3 Å². The van der Waals surface area contributed by atoms with Gasteiger partial charge in [0.1, 0.15) is 0 Å². The van der Waals surface area contributed by atoms with Crippen LogP contribution in [-0.2, 0) is 5.41 Å². The molecule has 1 aliphatic carbocycles. The molecule has 5 heteroatoms. The van der Waals surface area contributed by atoms with Crippen LogP contribution in [0.3, 0.4) is 0 Å². The number of hydrogen-bond acceptors (Lipinski definition) is 2. The van der Waals surface area contributed by atoms with Gasteiger partial charge in [-0.1, -0.05) is 49.6 Å². The van der Waals surface area contributed by atoms with E-state index in [9.17, 15) is 13.2 Å². The van der Waals surface area contributed by atoms with Gasteiger partial charge in [0, 0.05) is 17.9 Å². The van der Waals surface area contributed by atoms with Gasteiger partial charge in [0.15, 0.2) is 0 Å². The first-order chi connectivity index (χ1) is 9.98. The molecule has 2 nitrogen and oxygen atoms in total. The third-order valence-corrected chi connectivity index (χ3v) is 4.68. The molecule has 1 aromatic rings. The van der Waals surface area contributed by atoms with E-state index in [1.54, 1.807) is 0 Å². The first kappa shape index (κ1) is 16.3. The Morgan fingerprint density at radius 3 is 2.24 bits per heavy atom. The lowest BCUT2D eigenvalue weighted by atomic mass is 9.64. The van der Waals surface area contributed by atoms with Gasteiger partial charge in [0.05, 0.1) is 0 Å². The molecule has 1 aliphatic rings. The third kappa shape index (κ3) is 3.98. The molecule has 3 N–H and O–H groups in total. The van der Waals surface area contributed by atoms with E-state index in [-0.39, 0.29) is 17.9 Å². The van der Waals surface area contributed by atoms with Crippen LogP contribution in [0, 0.1) is 0 Å². The fourth-order valence-electron chi connectivity index (χ4n) is 3.62. The summed E-state index contributed by atoms with van der Waals surface area (Å²) < 4.78 is 37.7. The summed E-state index contributed by atoms with van der Waals surface area (Å²) in [7, 11) is 0. The molecule has 0 aliphatic heterocycles. The molecule has 0 bridgehead atoms. The van der Waals surface area contributed by atoms with Crippen molar-refractivity contribution in [1.82, 2.24) is 5.43 Å². The third-order valence-electron chi connectivity index (χ3n) is 4.68. The number of rotatable bonds is 5. The second-order valence-corrected chi connectivity index (χ2v) is 5.96. The van der Waals surface area contributed by atoms with Gasteiger partial charge < -0.3 is 0 Å². The van der Waals surface area contributed by atoms with E-state index >= 15 is 0 Å². The zero-order chi connectivity index (χ0) is 15.3. The Kier molecular flexibility index (Phi) is 5.27. The number of nitrogens with two attached hydrogens (primary N) is 1. The molecule has 1 atom stereocenters. The van der Waals surface area contributed by atoms with Crippen molar-refractivity contribution in [2.45, 2.75) is 62.6 Å². The van der Waals surface area contributed by atoms with Crippen molar-refractivity contribution in [1.29, 1.82) is 0 Å². The van der Waals surface area contributed by atoms with Gasteiger partial charge in [-0.2, -0.15) is 13.2 Å². The SMILES string of the molecule is NNC(CCC(F)(F)F)C1(c2ccccc2)CCCCC1. The largest absolute Gasteiger partial charge is 0.389 e. The van der Waals surface area contributed by atoms with Gasteiger partial charge in [0.25, 0.3) is 0 Å². The quantitative estimate of drug-likeness (QED) is 0.635. The van der Waals surface area contributed by atoms with Crippen LogP contribution < -0.4 is 11.3 Å². The van der Waals surface area contributed by atoms with Crippen LogP contribution in [0.25, 0.3) is 0 Å². The van der Waals surface area contributed by atoms with E-state index < -0.39 is 12.6 Å². The molecule has 1 fully saturated rings. The van der Waals surface area contributed by atoms with E-state index in [0.717, 1.165) is 37.7 Å². The summed E-state index contributed by atoms with van der Waals surface area (Å²) in [5.74, 6) is 5.64. The average molecular weight is 300 g/mol. The topological polar surface area (TPSA) is 38.0 Å². The van der Waals surface area contributed by atoms with Crippen LogP contribution in [0.5, 0.6) is 0 Å². The first-order valence-electron chi connectivity index (χ1n) is 7.56. The molecule has 2 rings (SSSR count). The van der Waals surface area contributed by atoms with E-state index in [1.807, 2.05) is 30.3 Å². The maximum Gasteiger partial charge on any atom is 0.389 e. The number of alkyl halides is 3. The minimum absolute atomic E-state index is 0.0227. The number of hydrogen-bond donors (Lipinski definition) is 2. The van der Waals surface area contributed by atoms with Crippen LogP contribution in [0.15, 0.2) is 30.3 Å². The van der Waals surface area contributed by atoms with Gasteiger partial charge in [-0.25, -0.2) is 0 Å². The predicted molar refractivity (Wildman–Crippen MR) is 77.6 cm³/mol. The van der Waals surface area contributed by atoms with Crippen molar-refractivity contribution in [2.24, 2.45) is 5.84 Å². The lowest BCUT2D eigenvalue weighted by Gasteiger charge is -2.44. The summed E-state index contributed by atoms with van der Waals surface area (Å²) in [6.45, 7) is 0. The molecule has 1 saturated carbocycles. The van der Waals surface area contributed by atoms with Gasteiger partial charge in [-0.05, 0) is 24.8 Å². The molecule has 21 heavy (non-hydrogen) atoms. The lowest BCUT2D eigenvalue weighted by molar-refractivity contribution is -0.137. The second kappa shape index (κ2) is 6.79. The highest BCUT2D eigenvalue weighted by atomic mass is 19.4. The molecular formula is C16H23F3N2. The van der Waals surface area contributed by atoms with Crippen LogP contribution in [0.4, 0.5) is 13.2 Å². The summed E-state index contributed by atoms with van der Waals surface area (Å²) in [5, 5.41) is 0. The molecule has 1 unspecified atom stereocenters. The van der Waals surface area contributed by atoms with Crippen molar-refractivity contribution in [3.8, 4) is 0 Å². The van der Waals surface area contributed by atoms with Crippen LogP contribution >= 0.6 is 0 Å². The van der Waals surface area contributed by atoms with E-state index in [4.69, 9.17) is 5.84 Å². The summed E-state index contributed by atoms with van der Waals surface area (Å²) in [5.41, 5.74) is 3.51. The molecule has 0 amide bonds. The molecule has 0 aromatic heterocycles. The van der Waals surface area contributed by atoms with Crippen LogP contribution in [-0.4, -0.2) is 12.2 Å². The fraction of sp³-hybridized carbons (Fsp3) is 0.625. The van der Waals surface area contributed by atoms with Crippen molar-refractivity contribution in [2.75, 3.05) is 0 Å². The Morgan fingerprint density at radius 1 is 1.10 bits per heavy atom. The maximum atomic E-state index is 12.6. The van der Waals surface area contributed by atoms with Crippen LogP contribution in [0.2, 0.25) is 0 Å². The minimum atomic E-state index is -4.14. The summed E-state index contributed by atoms with van der Waals surface area (Å²) >= 11 is 0. The summed E-state index contributed by atoms with van der Waals surface area (Å²) in [4.78, 5) is 0. The predicted octanol–water partition coefficient (Wildman–Crippen LogP) is 4.06. The summed E-state index contributed by atoms with van der Waals surface area (Å²) in [6, 6.07) is 9.51. The van der Waals surface area contributed by atoms with Crippen molar-refractivity contribution < 1.29 is 13.2 Å². The van der Waals surface area contributed by atoms with Crippen molar-refractivity contribution in [3.63, 3.8) is 0 Å². The Labute approximate surface area is 123 Å². The van der Waals surface area contributed by atoms with Gasteiger partial charge >= 0.3 is 6.18 Å². The monoisotopic (exact) mass is 300 g/mol. The molecule has 0 spiro atoms. The second-order valence-electron chi connectivity index (χ2n) is 5.96. The molecule has 1 aromatic carbocycles. The smallest absolute Gasteiger partial charge is 0.271 e. The van der Waals surface area contributed by atoms with Gasteiger partial charge in [0.2, 0.25) is 0 Å². The van der Waals surface area contributed by atoms with Crippen LogP contribution in [0.1, 0.15) is 50.5 Å². The molecular weight excluding hydrogens is 277 g/mol. The summed E-state index contributed by atoms with van der Waals surface area (Å²) in [6.07, 6.45) is 0.101. The fourth-order valence-corrected chi connectivity index (χ4v) is 3.62. The molecule has 0 heterocycles. The number of benzene rings is 1. The van der Waals surface area contributed by atoms with E-state index in [1.165, 1.54) is 0 Å². The zero-order valence-electron chi connectivity index (χ0n) is 12.1. The highest BCUT2D eigenvalue weighted by Crippen LogP contribution is 2.44. The highest BCUT2D eigenvalue weighted by Gasteiger charge is 2.42. The normalized spacial score (nSPS) is 20.2. The number of hydrazine groups is 1. The highest BCUT2D eigenvalue weighted by molar-refractivity contribution is 5.28. The van der Waals surface area contributed by atoms with Crippen molar-refractivity contribution >= 4 is 0 Å². The lowest BCUT2D eigenvalue weighted by Crippen LogP contribution is -2.52. The first-order valence-corrected chi connectivity index (χ1v) is 7.56. The maximum absolute atomic E-state index is 12.6. The van der Waals surface area contributed by atoms with E-state index in [0.29, 0.717) is 0 Å². The standard InChI is InChI=1S/C16H23F3N2/c17-16(18,19)12-9-14(21-20)15(10-5-2-6-11-15)13-7-3-1-4-8-13/h1,3-4,7-8,14,21H,2,5-6,9-12,20H2. The average Bonchev–Trinajstić information content (AvgIpc) is 2.48. The molecule has 0 radical (unpaired) electrons. The Balaban J connectivity index is 2.25. The minimum Gasteiger partial charge on any atom is -0.271 e. The molecule has 0 saturated heterocycles. The number of nitrogens with one attached hydrogen (secondary N) is 1. The Hall–Kier alpha value is -1.07. The van der Waals surface area contributed by atoms with Crippen molar-refractivity contribution in [3.05, 3.63) is 35.9 Å². The molecule has 118 valence electrons. The Bertz CT molecular complexity index is 425.